The minimum Gasteiger partial charge on any atom is -0.384 e. The zero-order chi connectivity index (χ0) is 11.1. The van der Waals surface area contributed by atoms with E-state index < -0.39 is 0 Å². The van der Waals surface area contributed by atoms with Crippen molar-refractivity contribution < 1.29 is 5.11 Å². The lowest BCUT2D eigenvalue weighted by Crippen LogP contribution is -2.00. The molecule has 0 saturated carbocycles. The van der Waals surface area contributed by atoms with E-state index in [1.807, 2.05) is 0 Å². The monoisotopic (exact) mass is 225 g/mol. The molecule has 2 N–H and O–H groups in total. The average Bonchev–Trinajstić information content (AvgIpc) is 2.59. The van der Waals surface area contributed by atoms with Gasteiger partial charge in [0, 0.05) is 18.0 Å². The van der Waals surface area contributed by atoms with Gasteiger partial charge in [-0.1, -0.05) is 25.7 Å². The van der Waals surface area contributed by atoms with Crippen molar-refractivity contribution in [2.75, 3.05) is 18.5 Å². The number of aromatic nitrogens is 2. The number of nitrogens with zero attached hydrogens (tertiary/aromatic N) is 2. The van der Waals surface area contributed by atoms with Crippen LogP contribution in [0.1, 0.15) is 19.7 Å². The van der Waals surface area contributed by atoms with Gasteiger partial charge < -0.3 is 10.4 Å². The molecule has 0 aliphatic heterocycles. The van der Waals surface area contributed by atoms with Crippen molar-refractivity contribution in [3.63, 3.8) is 0 Å². The van der Waals surface area contributed by atoms with E-state index in [0.717, 1.165) is 17.4 Å². The Hall–Kier alpha value is -1.12. The third-order valence-electron chi connectivity index (χ3n) is 1.59. The zero-order valence-electron chi connectivity index (χ0n) is 8.95. The van der Waals surface area contributed by atoms with E-state index in [1.165, 1.54) is 11.5 Å². The maximum Gasteiger partial charge on any atom is 0.203 e. The van der Waals surface area contributed by atoms with Crippen molar-refractivity contribution in [3.05, 3.63) is 5.82 Å². The summed E-state index contributed by atoms with van der Waals surface area (Å²) >= 11 is 1.35. The highest BCUT2D eigenvalue weighted by molar-refractivity contribution is 7.09. The quantitative estimate of drug-likeness (QED) is 0.755. The summed E-state index contributed by atoms with van der Waals surface area (Å²) in [6.07, 6.45) is 0.903. The topological polar surface area (TPSA) is 58.0 Å². The van der Waals surface area contributed by atoms with E-state index in [4.69, 9.17) is 5.11 Å². The van der Waals surface area contributed by atoms with Crippen LogP contribution in [0.25, 0.3) is 0 Å². The Bertz CT molecular complexity index is 351. The van der Waals surface area contributed by atoms with Crippen LogP contribution in [-0.4, -0.2) is 27.6 Å². The fraction of sp³-hybridized carbons (Fsp3) is 0.600. The van der Waals surface area contributed by atoms with Crippen LogP contribution in [0.15, 0.2) is 0 Å². The van der Waals surface area contributed by atoms with Gasteiger partial charge in [-0.05, 0) is 5.92 Å². The summed E-state index contributed by atoms with van der Waals surface area (Å²) in [6.45, 7) is 4.68. The molecule has 1 aromatic rings. The predicted molar refractivity (Wildman–Crippen MR) is 61.8 cm³/mol. The lowest BCUT2D eigenvalue weighted by Gasteiger charge is -1.97. The average molecular weight is 225 g/mol. The highest BCUT2D eigenvalue weighted by Gasteiger charge is 2.04. The summed E-state index contributed by atoms with van der Waals surface area (Å²) in [5.41, 5.74) is 0. The predicted octanol–water partition coefficient (Wildman–Crippen LogP) is 1.14. The van der Waals surface area contributed by atoms with Gasteiger partial charge in [0.25, 0.3) is 0 Å². The van der Waals surface area contributed by atoms with Crippen LogP contribution in [0.2, 0.25) is 0 Å². The first kappa shape index (κ1) is 12.0. The van der Waals surface area contributed by atoms with E-state index in [9.17, 15) is 0 Å². The number of aliphatic hydroxyl groups excluding tert-OH is 1. The number of aliphatic hydroxyl groups is 1. The molecule has 4 nitrogen and oxygen atoms in total. The molecular weight excluding hydrogens is 210 g/mol. The van der Waals surface area contributed by atoms with E-state index >= 15 is 0 Å². The van der Waals surface area contributed by atoms with E-state index in [-0.39, 0.29) is 6.61 Å². The van der Waals surface area contributed by atoms with Crippen molar-refractivity contribution >= 4 is 16.7 Å². The minimum atomic E-state index is -0.101. The summed E-state index contributed by atoms with van der Waals surface area (Å²) < 4.78 is 4.23. The lowest BCUT2D eigenvalue weighted by atomic mass is 10.1. The van der Waals surface area contributed by atoms with Crippen molar-refractivity contribution in [1.29, 1.82) is 0 Å². The van der Waals surface area contributed by atoms with E-state index in [0.29, 0.717) is 12.5 Å². The Morgan fingerprint density at radius 3 is 2.93 bits per heavy atom. The van der Waals surface area contributed by atoms with Gasteiger partial charge in [-0.2, -0.15) is 4.37 Å². The third kappa shape index (κ3) is 4.77. The van der Waals surface area contributed by atoms with Gasteiger partial charge in [-0.25, -0.2) is 4.98 Å². The molecule has 0 bridgehead atoms. The summed E-state index contributed by atoms with van der Waals surface area (Å²) in [5.74, 6) is 6.77. The van der Waals surface area contributed by atoms with Crippen molar-refractivity contribution in [1.82, 2.24) is 9.36 Å². The molecule has 0 radical (unpaired) electrons. The molecule has 0 atom stereocenters. The Labute approximate surface area is 93.9 Å². The molecule has 0 fully saturated rings. The fourth-order valence-corrected chi connectivity index (χ4v) is 1.60. The molecule has 0 unspecified atom stereocenters. The fourth-order valence-electron chi connectivity index (χ4n) is 1.01. The Balaban J connectivity index is 2.39. The maximum atomic E-state index is 8.44. The highest BCUT2D eigenvalue weighted by Crippen LogP contribution is 2.12. The first-order valence-corrected chi connectivity index (χ1v) is 5.62. The molecule has 82 valence electrons. The molecular formula is C10H15N3OS. The molecule has 0 aliphatic carbocycles. The Morgan fingerprint density at radius 1 is 1.47 bits per heavy atom. The van der Waals surface area contributed by atoms with Gasteiger partial charge in [0.1, 0.15) is 12.4 Å². The SMILES string of the molecule is CC(C)Cc1nsc(NCC#CCO)n1. The number of anilines is 1. The van der Waals surface area contributed by atoms with Gasteiger partial charge in [0.05, 0.1) is 6.54 Å². The summed E-state index contributed by atoms with van der Waals surface area (Å²) in [6, 6.07) is 0. The van der Waals surface area contributed by atoms with Crippen LogP contribution in [0.5, 0.6) is 0 Å². The number of rotatable bonds is 4. The van der Waals surface area contributed by atoms with Gasteiger partial charge >= 0.3 is 0 Å². The molecule has 1 heterocycles. The van der Waals surface area contributed by atoms with Crippen molar-refractivity contribution in [3.8, 4) is 11.8 Å². The van der Waals surface area contributed by atoms with Crippen LogP contribution in [-0.2, 0) is 6.42 Å². The molecule has 0 amide bonds. The van der Waals surface area contributed by atoms with Gasteiger partial charge in [0.15, 0.2) is 0 Å². The molecule has 1 aromatic heterocycles. The van der Waals surface area contributed by atoms with Crippen LogP contribution >= 0.6 is 11.5 Å². The summed E-state index contributed by atoms with van der Waals surface area (Å²) in [5, 5.41) is 12.3. The molecule has 5 heteroatoms. The standard InChI is InChI=1S/C10H15N3OS/c1-8(2)7-9-12-10(15-13-9)11-5-3-4-6-14/h8,14H,5-7H2,1-2H3,(H,11,12,13). The van der Waals surface area contributed by atoms with Crippen LogP contribution in [0, 0.1) is 17.8 Å². The smallest absolute Gasteiger partial charge is 0.203 e. The number of nitrogens with one attached hydrogen (secondary N) is 1. The number of hydrogen-bond donors (Lipinski definition) is 2. The largest absolute Gasteiger partial charge is 0.384 e. The summed E-state index contributed by atoms with van der Waals surface area (Å²) in [4.78, 5) is 4.31. The molecule has 0 aromatic carbocycles. The second-order valence-corrected chi connectivity index (χ2v) is 4.23. The minimum absolute atomic E-state index is 0.101. The van der Waals surface area contributed by atoms with Crippen LogP contribution < -0.4 is 5.32 Å². The van der Waals surface area contributed by atoms with Crippen LogP contribution in [0.4, 0.5) is 5.13 Å². The van der Waals surface area contributed by atoms with Gasteiger partial charge in [0.2, 0.25) is 5.13 Å². The first-order valence-electron chi connectivity index (χ1n) is 4.85. The van der Waals surface area contributed by atoms with Crippen molar-refractivity contribution in [2.45, 2.75) is 20.3 Å². The lowest BCUT2D eigenvalue weighted by molar-refractivity contribution is 0.350. The zero-order valence-corrected chi connectivity index (χ0v) is 9.77. The maximum absolute atomic E-state index is 8.44. The first-order chi connectivity index (χ1) is 7.22. The molecule has 15 heavy (non-hydrogen) atoms. The number of hydrogen-bond acceptors (Lipinski definition) is 5. The summed E-state index contributed by atoms with van der Waals surface area (Å²) in [7, 11) is 0. The molecule has 0 saturated heterocycles. The Kier molecular flexibility index (Phi) is 5.08. The third-order valence-corrected chi connectivity index (χ3v) is 2.30. The van der Waals surface area contributed by atoms with Crippen molar-refractivity contribution in [2.24, 2.45) is 5.92 Å². The van der Waals surface area contributed by atoms with E-state index in [2.05, 4.69) is 40.4 Å². The van der Waals surface area contributed by atoms with Gasteiger partial charge in [-0.15, -0.1) is 0 Å². The second kappa shape index (κ2) is 6.38. The molecule has 1 rings (SSSR count). The molecule has 0 aliphatic rings. The van der Waals surface area contributed by atoms with E-state index in [1.54, 1.807) is 0 Å². The Morgan fingerprint density at radius 2 is 2.27 bits per heavy atom. The molecule has 0 spiro atoms. The normalized spacial score (nSPS) is 9.87. The highest BCUT2D eigenvalue weighted by atomic mass is 32.1. The van der Waals surface area contributed by atoms with Crippen LogP contribution in [0.3, 0.4) is 0 Å². The van der Waals surface area contributed by atoms with Gasteiger partial charge in [-0.3, -0.25) is 0 Å². The second-order valence-electron chi connectivity index (χ2n) is 3.48.